The van der Waals surface area contributed by atoms with Gasteiger partial charge in [-0.05, 0) is 69.1 Å². The van der Waals surface area contributed by atoms with Gasteiger partial charge in [-0.25, -0.2) is 4.39 Å². The second-order valence-corrected chi connectivity index (χ2v) is 6.66. The van der Waals surface area contributed by atoms with E-state index in [1.807, 2.05) is 0 Å². The van der Waals surface area contributed by atoms with Gasteiger partial charge >= 0.3 is 0 Å². The predicted octanol–water partition coefficient (Wildman–Crippen LogP) is 4.08. The number of rotatable bonds is 6. The zero-order chi connectivity index (χ0) is 17.6. The highest BCUT2D eigenvalue weighted by Crippen LogP contribution is 2.22. The molecule has 2 heterocycles. The Morgan fingerprint density at radius 3 is 2.80 bits per heavy atom. The Kier molecular flexibility index (Phi) is 5.87. The quantitative estimate of drug-likeness (QED) is 0.803. The summed E-state index contributed by atoms with van der Waals surface area (Å²) in [5.74, 6) is 0.342. The fourth-order valence-corrected chi connectivity index (χ4v) is 3.29. The summed E-state index contributed by atoms with van der Waals surface area (Å²) in [5.41, 5.74) is 0.750. The summed E-state index contributed by atoms with van der Waals surface area (Å²) in [6.45, 7) is 5.08. The van der Waals surface area contributed by atoms with E-state index in [1.54, 1.807) is 24.3 Å². The second kappa shape index (κ2) is 8.30. The van der Waals surface area contributed by atoms with E-state index in [2.05, 4.69) is 17.1 Å². The first-order valence-corrected chi connectivity index (χ1v) is 9.01. The Morgan fingerprint density at radius 1 is 1.24 bits per heavy atom. The number of carbonyl (C=O) groups is 1. The Morgan fingerprint density at radius 2 is 2.04 bits per heavy atom. The zero-order valence-corrected chi connectivity index (χ0v) is 14.6. The summed E-state index contributed by atoms with van der Waals surface area (Å²) in [7, 11) is 0. The number of piperidine rings is 1. The van der Waals surface area contributed by atoms with E-state index in [4.69, 9.17) is 4.42 Å². The zero-order valence-electron chi connectivity index (χ0n) is 14.6. The molecule has 1 N–H and O–H groups in total. The van der Waals surface area contributed by atoms with Gasteiger partial charge in [0.1, 0.15) is 11.6 Å². The molecular weight excluding hydrogens is 319 g/mol. The maximum absolute atomic E-state index is 13.0. The molecule has 134 valence electrons. The number of amides is 1. The molecule has 1 atom stereocenters. The minimum atomic E-state index is -0.295. The van der Waals surface area contributed by atoms with Crippen LogP contribution in [-0.4, -0.2) is 36.5 Å². The number of hydrogen-bond donors (Lipinski definition) is 1. The van der Waals surface area contributed by atoms with Crippen LogP contribution in [0.2, 0.25) is 0 Å². The van der Waals surface area contributed by atoms with Crippen LogP contribution in [0.4, 0.5) is 4.39 Å². The van der Waals surface area contributed by atoms with Gasteiger partial charge < -0.3 is 14.6 Å². The van der Waals surface area contributed by atoms with Crippen LogP contribution in [0.15, 0.2) is 40.8 Å². The highest BCUT2D eigenvalue weighted by molar-refractivity contribution is 5.92. The van der Waals surface area contributed by atoms with Crippen molar-refractivity contribution in [2.75, 3.05) is 19.6 Å². The average molecular weight is 344 g/mol. The van der Waals surface area contributed by atoms with Crippen molar-refractivity contribution in [2.45, 2.75) is 38.6 Å². The number of likely N-dealkylation sites (tertiary alicyclic amines) is 1. The van der Waals surface area contributed by atoms with E-state index in [0.29, 0.717) is 18.3 Å². The van der Waals surface area contributed by atoms with Gasteiger partial charge in [-0.15, -0.1) is 0 Å². The summed E-state index contributed by atoms with van der Waals surface area (Å²) in [5, 5.41) is 2.91. The molecule has 3 rings (SSSR count). The molecule has 1 aliphatic heterocycles. The van der Waals surface area contributed by atoms with E-state index >= 15 is 0 Å². The van der Waals surface area contributed by atoms with Crippen molar-refractivity contribution < 1.29 is 13.6 Å². The maximum Gasteiger partial charge on any atom is 0.287 e. The molecule has 0 aliphatic carbocycles. The molecule has 0 spiro atoms. The van der Waals surface area contributed by atoms with Gasteiger partial charge in [0.2, 0.25) is 0 Å². The third-order valence-electron chi connectivity index (χ3n) is 4.81. The lowest BCUT2D eigenvalue weighted by Crippen LogP contribution is -2.39. The first kappa shape index (κ1) is 17.7. The van der Waals surface area contributed by atoms with Gasteiger partial charge in [0.25, 0.3) is 5.91 Å². The van der Waals surface area contributed by atoms with Crippen molar-refractivity contribution in [3.63, 3.8) is 0 Å². The molecule has 1 aliphatic rings. The molecule has 0 bridgehead atoms. The topological polar surface area (TPSA) is 45.5 Å². The Bertz CT molecular complexity index is 696. The fraction of sp³-hybridized carbons (Fsp3) is 0.450. The second-order valence-electron chi connectivity index (χ2n) is 6.66. The van der Waals surface area contributed by atoms with Gasteiger partial charge in [-0.3, -0.25) is 4.79 Å². The van der Waals surface area contributed by atoms with Crippen LogP contribution in [-0.2, 0) is 0 Å². The number of benzene rings is 1. The Labute approximate surface area is 148 Å². The molecule has 5 heteroatoms. The normalized spacial score (nSPS) is 18.2. The number of halogens is 1. The SMILES string of the molecule is C[C@H]1CCCCN1CCCNC(=O)c1ccc(-c2ccc(F)cc2)o1. The molecule has 1 amide bonds. The van der Waals surface area contributed by atoms with Gasteiger partial charge in [-0.1, -0.05) is 6.42 Å². The monoisotopic (exact) mass is 344 g/mol. The minimum absolute atomic E-state index is 0.208. The van der Waals surface area contributed by atoms with E-state index in [-0.39, 0.29) is 17.5 Å². The van der Waals surface area contributed by atoms with Crippen LogP contribution in [0.25, 0.3) is 11.3 Å². The summed E-state index contributed by atoms with van der Waals surface area (Å²) in [6, 6.07) is 10.1. The molecule has 1 fully saturated rings. The number of hydrogen-bond acceptors (Lipinski definition) is 3. The van der Waals surface area contributed by atoms with Crippen molar-refractivity contribution in [3.8, 4) is 11.3 Å². The third kappa shape index (κ3) is 4.69. The summed E-state index contributed by atoms with van der Waals surface area (Å²) in [4.78, 5) is 14.7. The largest absolute Gasteiger partial charge is 0.451 e. The van der Waals surface area contributed by atoms with Gasteiger partial charge in [0.05, 0.1) is 0 Å². The van der Waals surface area contributed by atoms with Crippen LogP contribution in [0.1, 0.15) is 43.2 Å². The van der Waals surface area contributed by atoms with E-state index in [1.165, 1.54) is 31.4 Å². The maximum atomic E-state index is 13.0. The molecule has 2 aromatic rings. The molecule has 0 radical (unpaired) electrons. The third-order valence-corrected chi connectivity index (χ3v) is 4.81. The molecule has 0 unspecified atom stereocenters. The highest BCUT2D eigenvalue weighted by Gasteiger charge is 2.17. The summed E-state index contributed by atoms with van der Waals surface area (Å²) in [6.07, 6.45) is 4.80. The Balaban J connectivity index is 1.46. The molecule has 1 saturated heterocycles. The number of carbonyl (C=O) groups excluding carboxylic acids is 1. The fourth-order valence-electron chi connectivity index (χ4n) is 3.29. The highest BCUT2D eigenvalue weighted by atomic mass is 19.1. The van der Waals surface area contributed by atoms with Crippen LogP contribution < -0.4 is 5.32 Å². The van der Waals surface area contributed by atoms with Gasteiger partial charge in [0, 0.05) is 24.7 Å². The van der Waals surface area contributed by atoms with E-state index in [0.717, 1.165) is 25.1 Å². The van der Waals surface area contributed by atoms with Gasteiger partial charge in [0.15, 0.2) is 5.76 Å². The average Bonchev–Trinajstić information content (AvgIpc) is 3.11. The molecule has 25 heavy (non-hydrogen) atoms. The molecule has 0 saturated carbocycles. The standard InChI is InChI=1S/C20H25FN2O2/c1-15-5-2-3-13-23(15)14-4-12-22-20(24)19-11-10-18(25-19)16-6-8-17(21)9-7-16/h6-11,15H,2-5,12-14H2,1H3,(H,22,24)/t15-/m0/s1. The van der Waals surface area contributed by atoms with Crippen molar-refractivity contribution >= 4 is 5.91 Å². The van der Waals surface area contributed by atoms with Crippen molar-refractivity contribution in [3.05, 3.63) is 48.0 Å². The molecule has 1 aromatic carbocycles. The lowest BCUT2D eigenvalue weighted by Gasteiger charge is -2.33. The van der Waals surface area contributed by atoms with Crippen LogP contribution in [0.3, 0.4) is 0 Å². The van der Waals surface area contributed by atoms with Crippen LogP contribution in [0.5, 0.6) is 0 Å². The first-order valence-electron chi connectivity index (χ1n) is 9.01. The molecular formula is C20H25FN2O2. The smallest absolute Gasteiger partial charge is 0.287 e. The Hall–Kier alpha value is -2.14. The van der Waals surface area contributed by atoms with Crippen LogP contribution in [0, 0.1) is 5.82 Å². The van der Waals surface area contributed by atoms with E-state index in [9.17, 15) is 9.18 Å². The summed E-state index contributed by atoms with van der Waals surface area (Å²) >= 11 is 0. The molecule has 4 nitrogen and oxygen atoms in total. The number of nitrogens with one attached hydrogen (secondary N) is 1. The lowest BCUT2D eigenvalue weighted by atomic mass is 10.0. The molecule has 1 aromatic heterocycles. The summed E-state index contributed by atoms with van der Waals surface area (Å²) < 4.78 is 18.6. The van der Waals surface area contributed by atoms with Crippen molar-refractivity contribution in [1.29, 1.82) is 0 Å². The predicted molar refractivity (Wildman–Crippen MR) is 95.9 cm³/mol. The first-order chi connectivity index (χ1) is 12.1. The number of furan rings is 1. The number of nitrogens with zero attached hydrogens (tertiary/aromatic N) is 1. The van der Waals surface area contributed by atoms with Crippen molar-refractivity contribution in [1.82, 2.24) is 10.2 Å². The van der Waals surface area contributed by atoms with E-state index < -0.39 is 0 Å². The van der Waals surface area contributed by atoms with Gasteiger partial charge in [-0.2, -0.15) is 0 Å². The minimum Gasteiger partial charge on any atom is -0.451 e. The lowest BCUT2D eigenvalue weighted by molar-refractivity contribution is 0.0922. The van der Waals surface area contributed by atoms with Crippen molar-refractivity contribution in [2.24, 2.45) is 0 Å². The van der Waals surface area contributed by atoms with Crippen LogP contribution >= 0.6 is 0 Å².